The molecule has 0 bridgehead atoms. The predicted molar refractivity (Wildman–Crippen MR) is 97.5 cm³/mol. The first-order valence-corrected chi connectivity index (χ1v) is 7.88. The Kier molecular flexibility index (Phi) is 4.94. The van der Waals surface area contributed by atoms with Crippen molar-refractivity contribution in [3.05, 3.63) is 94.4 Å². The van der Waals surface area contributed by atoms with Crippen LogP contribution in [0.4, 0.5) is 5.69 Å². The Balaban J connectivity index is 1.66. The van der Waals surface area contributed by atoms with E-state index < -0.39 is 5.97 Å². The van der Waals surface area contributed by atoms with Crippen molar-refractivity contribution in [2.75, 3.05) is 5.32 Å². The number of amides is 1. The number of aromatic nitrogens is 1. The highest BCUT2D eigenvalue weighted by atomic mass is 16.5. The topological polar surface area (TPSA) is 77.4 Å². The van der Waals surface area contributed by atoms with Crippen molar-refractivity contribution < 1.29 is 14.3 Å². The van der Waals surface area contributed by atoms with Gasteiger partial charge in [-0.05, 0) is 42.5 Å². The zero-order valence-corrected chi connectivity index (χ0v) is 14.0. The first-order valence-electron chi connectivity index (χ1n) is 7.88. The molecule has 0 saturated heterocycles. The Bertz CT molecular complexity index is 992. The number of nitrogens with zero attached hydrogens (tertiary/aromatic N) is 1. The van der Waals surface area contributed by atoms with Gasteiger partial charge in [-0.15, -0.1) is 0 Å². The molecule has 1 N–H and O–H groups in total. The molecule has 3 rings (SSSR count). The second-order valence-electron chi connectivity index (χ2n) is 5.60. The van der Waals surface area contributed by atoms with Crippen molar-refractivity contribution in [3.8, 4) is 5.75 Å². The summed E-state index contributed by atoms with van der Waals surface area (Å²) >= 11 is 0. The highest BCUT2D eigenvalue weighted by Crippen LogP contribution is 2.17. The van der Waals surface area contributed by atoms with Gasteiger partial charge in [0.05, 0.1) is 5.56 Å². The second kappa shape index (κ2) is 7.48. The summed E-state index contributed by atoms with van der Waals surface area (Å²) in [5, 5.41) is 2.76. The maximum absolute atomic E-state index is 12.1. The lowest BCUT2D eigenvalue weighted by Crippen LogP contribution is -2.18. The van der Waals surface area contributed by atoms with Crippen molar-refractivity contribution in [2.24, 2.45) is 7.05 Å². The van der Waals surface area contributed by atoms with E-state index in [1.54, 1.807) is 55.6 Å². The van der Waals surface area contributed by atoms with Crippen LogP contribution in [0.25, 0.3) is 0 Å². The molecular weight excluding hydrogens is 332 g/mol. The number of hydrogen-bond donors (Lipinski definition) is 1. The predicted octanol–water partition coefficient (Wildman–Crippen LogP) is 2.86. The van der Waals surface area contributed by atoms with E-state index in [2.05, 4.69) is 5.32 Å². The van der Waals surface area contributed by atoms with Gasteiger partial charge in [0.15, 0.2) is 0 Å². The maximum atomic E-state index is 12.1. The zero-order valence-electron chi connectivity index (χ0n) is 14.0. The SMILES string of the molecule is Cn1ccc(C(=O)Oc2ccc(NC(=O)c3ccccc3)cc2)cc1=O. The van der Waals surface area contributed by atoms with Crippen LogP contribution in [0.2, 0.25) is 0 Å². The average molecular weight is 348 g/mol. The Morgan fingerprint density at radius 2 is 1.62 bits per heavy atom. The third-order valence-corrected chi connectivity index (χ3v) is 3.70. The molecule has 2 aromatic carbocycles. The lowest BCUT2D eigenvalue weighted by atomic mass is 10.2. The summed E-state index contributed by atoms with van der Waals surface area (Å²) in [7, 11) is 1.60. The van der Waals surface area contributed by atoms with Gasteiger partial charge in [-0.3, -0.25) is 9.59 Å². The second-order valence-corrected chi connectivity index (χ2v) is 5.60. The first-order chi connectivity index (χ1) is 12.5. The van der Waals surface area contributed by atoms with Gasteiger partial charge in [-0.25, -0.2) is 4.79 Å². The van der Waals surface area contributed by atoms with Crippen molar-refractivity contribution in [1.82, 2.24) is 4.57 Å². The number of pyridine rings is 1. The minimum atomic E-state index is -0.622. The molecule has 26 heavy (non-hydrogen) atoms. The normalized spacial score (nSPS) is 10.2. The summed E-state index contributed by atoms with van der Waals surface area (Å²) in [5.74, 6) is -0.535. The number of carbonyl (C=O) groups is 2. The van der Waals surface area contributed by atoms with Crippen molar-refractivity contribution >= 4 is 17.6 Å². The quantitative estimate of drug-likeness (QED) is 0.581. The first kappa shape index (κ1) is 17.2. The van der Waals surface area contributed by atoms with Crippen molar-refractivity contribution in [1.29, 1.82) is 0 Å². The summed E-state index contributed by atoms with van der Waals surface area (Å²) in [6, 6.07) is 18.0. The van der Waals surface area contributed by atoms with Gasteiger partial charge in [-0.1, -0.05) is 18.2 Å². The molecule has 1 heterocycles. The molecule has 0 unspecified atom stereocenters. The van der Waals surface area contributed by atoms with Crippen LogP contribution in [-0.2, 0) is 7.05 Å². The smallest absolute Gasteiger partial charge is 0.343 e. The van der Waals surface area contributed by atoms with Crippen LogP contribution in [0.15, 0.2) is 77.7 Å². The fourth-order valence-electron chi connectivity index (χ4n) is 2.24. The lowest BCUT2D eigenvalue weighted by Gasteiger charge is -2.08. The highest BCUT2D eigenvalue weighted by molar-refractivity contribution is 6.04. The third-order valence-electron chi connectivity index (χ3n) is 3.70. The van der Waals surface area contributed by atoms with Gasteiger partial charge in [0.1, 0.15) is 5.75 Å². The number of nitrogens with one attached hydrogen (secondary N) is 1. The van der Waals surface area contributed by atoms with E-state index in [0.717, 1.165) is 0 Å². The molecule has 1 amide bonds. The number of aryl methyl sites for hydroxylation is 1. The Morgan fingerprint density at radius 3 is 2.27 bits per heavy atom. The fraction of sp³-hybridized carbons (Fsp3) is 0.0500. The molecule has 6 nitrogen and oxygen atoms in total. The Hall–Kier alpha value is -3.67. The third kappa shape index (κ3) is 4.05. The Labute approximate surface area is 149 Å². The highest BCUT2D eigenvalue weighted by Gasteiger charge is 2.10. The van der Waals surface area contributed by atoms with Gasteiger partial charge in [0.2, 0.25) is 0 Å². The molecule has 0 saturated carbocycles. The molecule has 0 atom stereocenters. The van der Waals surface area contributed by atoms with Gasteiger partial charge >= 0.3 is 5.97 Å². The molecule has 0 spiro atoms. The number of rotatable bonds is 4. The number of anilines is 1. The van der Waals surface area contributed by atoms with E-state index >= 15 is 0 Å². The van der Waals surface area contributed by atoms with Crippen LogP contribution in [0.5, 0.6) is 5.75 Å². The lowest BCUT2D eigenvalue weighted by molar-refractivity contribution is 0.0734. The van der Waals surface area contributed by atoms with E-state index in [1.165, 1.54) is 22.9 Å². The molecule has 6 heteroatoms. The molecule has 0 radical (unpaired) electrons. The van der Waals surface area contributed by atoms with Gasteiger partial charge in [0, 0.05) is 30.6 Å². The summed E-state index contributed by atoms with van der Waals surface area (Å²) in [6.07, 6.45) is 1.50. The molecule has 0 aliphatic carbocycles. The minimum absolute atomic E-state index is 0.176. The van der Waals surface area contributed by atoms with E-state index in [9.17, 15) is 14.4 Å². The molecular formula is C20H16N2O4. The standard InChI is InChI=1S/C20H16N2O4/c1-22-12-11-15(13-18(22)23)20(25)26-17-9-7-16(8-10-17)21-19(24)14-5-3-2-4-6-14/h2-13H,1H3,(H,21,24). The molecule has 0 fully saturated rings. The molecule has 0 aliphatic heterocycles. The van der Waals surface area contributed by atoms with Crippen LogP contribution >= 0.6 is 0 Å². The number of ether oxygens (including phenoxy) is 1. The maximum Gasteiger partial charge on any atom is 0.343 e. The number of esters is 1. The minimum Gasteiger partial charge on any atom is -0.423 e. The van der Waals surface area contributed by atoms with E-state index in [4.69, 9.17) is 4.74 Å². The molecule has 0 aliphatic rings. The van der Waals surface area contributed by atoms with Gasteiger partial charge < -0.3 is 14.6 Å². The van der Waals surface area contributed by atoms with Crippen LogP contribution < -0.4 is 15.6 Å². The van der Waals surface area contributed by atoms with E-state index in [-0.39, 0.29) is 17.0 Å². The summed E-state index contributed by atoms with van der Waals surface area (Å²) in [5.41, 5.74) is 1.01. The van der Waals surface area contributed by atoms with Crippen LogP contribution in [0.3, 0.4) is 0 Å². The average Bonchev–Trinajstić information content (AvgIpc) is 2.66. The number of carbonyl (C=O) groups excluding carboxylic acids is 2. The van der Waals surface area contributed by atoms with Crippen molar-refractivity contribution in [2.45, 2.75) is 0 Å². The summed E-state index contributed by atoms with van der Waals surface area (Å²) < 4.78 is 6.60. The fourth-order valence-corrected chi connectivity index (χ4v) is 2.24. The largest absolute Gasteiger partial charge is 0.423 e. The van der Waals surface area contributed by atoms with Crippen LogP contribution in [0.1, 0.15) is 20.7 Å². The molecule has 130 valence electrons. The van der Waals surface area contributed by atoms with Gasteiger partial charge in [0.25, 0.3) is 11.5 Å². The summed E-state index contributed by atoms with van der Waals surface area (Å²) in [4.78, 5) is 35.8. The molecule has 3 aromatic rings. The monoisotopic (exact) mass is 348 g/mol. The summed E-state index contributed by atoms with van der Waals surface area (Å²) in [6.45, 7) is 0. The number of benzene rings is 2. The van der Waals surface area contributed by atoms with Crippen LogP contribution in [0, 0.1) is 0 Å². The molecule has 1 aromatic heterocycles. The Morgan fingerprint density at radius 1 is 0.923 bits per heavy atom. The van der Waals surface area contributed by atoms with Crippen molar-refractivity contribution in [3.63, 3.8) is 0 Å². The van der Waals surface area contributed by atoms with E-state index in [1.807, 2.05) is 6.07 Å². The number of hydrogen-bond acceptors (Lipinski definition) is 4. The van der Waals surface area contributed by atoms with Crippen LogP contribution in [-0.4, -0.2) is 16.4 Å². The van der Waals surface area contributed by atoms with E-state index in [0.29, 0.717) is 17.0 Å². The van der Waals surface area contributed by atoms with Gasteiger partial charge in [-0.2, -0.15) is 0 Å². The zero-order chi connectivity index (χ0) is 18.5.